The van der Waals surface area contributed by atoms with Gasteiger partial charge in [0, 0.05) is 17.6 Å². The summed E-state index contributed by atoms with van der Waals surface area (Å²) in [6, 6.07) is 14.0. The van der Waals surface area contributed by atoms with Gasteiger partial charge < -0.3 is 5.32 Å². The van der Waals surface area contributed by atoms with Gasteiger partial charge in [-0.1, -0.05) is 29.8 Å². The number of hydrogen-bond acceptors (Lipinski definition) is 2. The molecule has 0 amide bonds. The van der Waals surface area contributed by atoms with E-state index in [4.69, 9.17) is 11.6 Å². The van der Waals surface area contributed by atoms with Crippen molar-refractivity contribution in [3.63, 3.8) is 0 Å². The maximum absolute atomic E-state index is 5.98. The van der Waals surface area contributed by atoms with E-state index in [0.29, 0.717) is 0 Å². The normalized spacial score (nSPS) is 12.4. The zero-order chi connectivity index (χ0) is 13.0. The van der Waals surface area contributed by atoms with Crippen molar-refractivity contribution in [3.8, 4) is 0 Å². The van der Waals surface area contributed by atoms with Crippen LogP contribution in [0, 0.1) is 0 Å². The summed E-state index contributed by atoms with van der Waals surface area (Å²) < 4.78 is 0.859. The van der Waals surface area contributed by atoms with Gasteiger partial charge in [0.15, 0.2) is 0 Å². The smallest absolute Gasteiger partial charge is 0.106 e. The van der Waals surface area contributed by atoms with Gasteiger partial charge in [-0.25, -0.2) is 4.98 Å². The van der Waals surface area contributed by atoms with Gasteiger partial charge in [0.1, 0.15) is 4.60 Å². The highest BCUT2D eigenvalue weighted by Crippen LogP contribution is 2.17. The fourth-order valence-corrected chi connectivity index (χ4v) is 2.28. The first-order chi connectivity index (χ1) is 8.65. The van der Waals surface area contributed by atoms with Gasteiger partial charge >= 0.3 is 0 Å². The first-order valence-electron chi connectivity index (χ1n) is 5.75. The Morgan fingerprint density at radius 3 is 2.78 bits per heavy atom. The third kappa shape index (κ3) is 3.80. The van der Waals surface area contributed by atoms with E-state index in [2.05, 4.69) is 39.2 Å². The van der Waals surface area contributed by atoms with E-state index in [1.807, 2.05) is 36.4 Å². The molecule has 1 atom stereocenters. The molecule has 0 saturated carbocycles. The van der Waals surface area contributed by atoms with Gasteiger partial charge in [-0.15, -0.1) is 0 Å². The maximum Gasteiger partial charge on any atom is 0.106 e. The van der Waals surface area contributed by atoms with Crippen LogP contribution in [0.15, 0.2) is 47.1 Å². The van der Waals surface area contributed by atoms with Gasteiger partial charge in [-0.2, -0.15) is 0 Å². The maximum atomic E-state index is 5.98. The van der Waals surface area contributed by atoms with Crippen LogP contribution >= 0.6 is 27.5 Å². The number of halogens is 2. The van der Waals surface area contributed by atoms with Crippen LogP contribution < -0.4 is 5.32 Å². The zero-order valence-corrected chi connectivity index (χ0v) is 12.4. The number of nitrogens with zero attached hydrogens (tertiary/aromatic N) is 1. The fraction of sp³-hybridized carbons (Fsp3) is 0.214. The molecule has 2 aromatic rings. The van der Waals surface area contributed by atoms with Crippen molar-refractivity contribution in [2.45, 2.75) is 19.5 Å². The molecule has 0 aliphatic carbocycles. The molecule has 0 fully saturated rings. The molecule has 0 saturated heterocycles. The average Bonchev–Trinajstić information content (AvgIpc) is 2.36. The molecule has 4 heteroatoms. The number of benzene rings is 1. The predicted octanol–water partition coefficient (Wildman–Crippen LogP) is 4.35. The van der Waals surface area contributed by atoms with Crippen LogP contribution in [0.25, 0.3) is 0 Å². The Morgan fingerprint density at radius 1 is 1.28 bits per heavy atom. The number of nitrogens with one attached hydrogen (secondary N) is 1. The Hall–Kier alpha value is -0.900. The molecule has 1 heterocycles. The minimum Gasteiger partial charge on any atom is -0.305 e. The van der Waals surface area contributed by atoms with Crippen LogP contribution in [0.2, 0.25) is 5.02 Å². The van der Waals surface area contributed by atoms with E-state index < -0.39 is 0 Å². The van der Waals surface area contributed by atoms with Gasteiger partial charge in [0.2, 0.25) is 0 Å². The third-order valence-corrected chi connectivity index (χ3v) is 3.39. The van der Waals surface area contributed by atoms with E-state index >= 15 is 0 Å². The van der Waals surface area contributed by atoms with Crippen LogP contribution in [0.3, 0.4) is 0 Å². The molecule has 0 bridgehead atoms. The second-order valence-electron chi connectivity index (χ2n) is 4.11. The topological polar surface area (TPSA) is 24.9 Å². The molecule has 2 nitrogen and oxygen atoms in total. The molecule has 1 N–H and O–H groups in total. The van der Waals surface area contributed by atoms with Crippen molar-refractivity contribution < 1.29 is 0 Å². The minimum atomic E-state index is 0.240. The molecule has 0 spiro atoms. The Morgan fingerprint density at radius 2 is 2.06 bits per heavy atom. The molecular formula is C14H14BrClN2. The largest absolute Gasteiger partial charge is 0.305 e. The van der Waals surface area contributed by atoms with Crippen molar-refractivity contribution >= 4 is 27.5 Å². The molecule has 0 radical (unpaired) electrons. The first kappa shape index (κ1) is 13.5. The summed E-state index contributed by atoms with van der Waals surface area (Å²) in [6.07, 6.45) is 0. The van der Waals surface area contributed by atoms with E-state index in [0.717, 1.165) is 21.9 Å². The van der Waals surface area contributed by atoms with Crippen molar-refractivity contribution in [2.24, 2.45) is 0 Å². The molecular weight excluding hydrogens is 312 g/mol. The standard InChI is InChI=1S/C14H14BrClN2/c1-10(11-4-2-5-12(16)8-11)17-9-13-6-3-7-14(15)18-13/h2-8,10,17H,9H2,1H3. The Bertz CT molecular complexity index is 531. The Kier molecular flexibility index (Phi) is 4.75. The minimum absolute atomic E-state index is 0.240. The summed E-state index contributed by atoms with van der Waals surface area (Å²) in [5, 5.41) is 4.19. The summed E-state index contributed by atoms with van der Waals surface area (Å²) in [5.41, 5.74) is 2.19. The van der Waals surface area contributed by atoms with Gasteiger partial charge in [-0.3, -0.25) is 0 Å². The summed E-state index contributed by atoms with van der Waals surface area (Å²) in [4.78, 5) is 4.38. The molecule has 1 aromatic carbocycles. The Labute approximate surface area is 121 Å². The third-order valence-electron chi connectivity index (χ3n) is 2.71. The van der Waals surface area contributed by atoms with Crippen LogP contribution in [-0.4, -0.2) is 4.98 Å². The molecule has 1 aromatic heterocycles. The molecule has 0 aliphatic rings. The van der Waals surface area contributed by atoms with E-state index in [1.165, 1.54) is 5.56 Å². The lowest BCUT2D eigenvalue weighted by Gasteiger charge is -2.14. The van der Waals surface area contributed by atoms with Crippen LogP contribution in [0.1, 0.15) is 24.2 Å². The van der Waals surface area contributed by atoms with Gasteiger partial charge in [-0.05, 0) is 52.7 Å². The average molecular weight is 326 g/mol. The van der Waals surface area contributed by atoms with Gasteiger partial charge in [0.25, 0.3) is 0 Å². The SMILES string of the molecule is CC(NCc1cccc(Br)n1)c1cccc(Cl)c1. The first-order valence-corrected chi connectivity index (χ1v) is 6.92. The highest BCUT2D eigenvalue weighted by Gasteiger charge is 2.05. The summed E-state index contributed by atoms with van der Waals surface area (Å²) in [7, 11) is 0. The second kappa shape index (κ2) is 6.32. The van der Waals surface area contributed by atoms with Gasteiger partial charge in [0.05, 0.1) is 5.69 Å². The molecule has 1 unspecified atom stereocenters. The second-order valence-corrected chi connectivity index (χ2v) is 5.36. The van der Waals surface area contributed by atoms with Crippen LogP contribution in [0.5, 0.6) is 0 Å². The van der Waals surface area contributed by atoms with Crippen LogP contribution in [-0.2, 0) is 6.54 Å². The summed E-state index contributed by atoms with van der Waals surface area (Å²) in [5.74, 6) is 0. The van der Waals surface area contributed by atoms with E-state index in [-0.39, 0.29) is 6.04 Å². The highest BCUT2D eigenvalue weighted by atomic mass is 79.9. The number of rotatable bonds is 4. The van der Waals surface area contributed by atoms with Crippen molar-refractivity contribution in [2.75, 3.05) is 0 Å². The summed E-state index contributed by atoms with van der Waals surface area (Å²) in [6.45, 7) is 2.84. The lowest BCUT2D eigenvalue weighted by Crippen LogP contribution is -2.18. The van der Waals surface area contributed by atoms with Crippen molar-refractivity contribution in [3.05, 3.63) is 63.3 Å². The van der Waals surface area contributed by atoms with Crippen LogP contribution in [0.4, 0.5) is 0 Å². The fourth-order valence-electron chi connectivity index (χ4n) is 1.70. The zero-order valence-electron chi connectivity index (χ0n) is 10.0. The van der Waals surface area contributed by atoms with Crippen molar-refractivity contribution in [1.29, 1.82) is 0 Å². The van der Waals surface area contributed by atoms with E-state index in [9.17, 15) is 0 Å². The lowest BCUT2D eigenvalue weighted by molar-refractivity contribution is 0.567. The molecule has 0 aliphatic heterocycles. The predicted molar refractivity (Wildman–Crippen MR) is 78.6 cm³/mol. The quantitative estimate of drug-likeness (QED) is 0.845. The highest BCUT2D eigenvalue weighted by molar-refractivity contribution is 9.10. The van der Waals surface area contributed by atoms with E-state index in [1.54, 1.807) is 0 Å². The number of aromatic nitrogens is 1. The molecule has 18 heavy (non-hydrogen) atoms. The lowest BCUT2D eigenvalue weighted by atomic mass is 10.1. The number of hydrogen-bond donors (Lipinski definition) is 1. The summed E-state index contributed by atoms with van der Waals surface area (Å²) >= 11 is 9.35. The number of pyridine rings is 1. The Balaban J connectivity index is 1.98. The molecule has 2 rings (SSSR count). The molecule has 94 valence electrons. The monoisotopic (exact) mass is 324 g/mol. The van der Waals surface area contributed by atoms with Crippen molar-refractivity contribution in [1.82, 2.24) is 10.3 Å².